The van der Waals surface area contributed by atoms with Crippen LogP contribution in [0.3, 0.4) is 0 Å². The molecule has 0 nitrogen and oxygen atoms in total. The Hall–Kier alpha value is -1.04. The number of hydrogen-bond acceptors (Lipinski definition) is 0. The van der Waals surface area contributed by atoms with E-state index in [4.69, 9.17) is 0 Å². The van der Waals surface area contributed by atoms with Gasteiger partial charge >= 0.3 is 0 Å². The quantitative estimate of drug-likeness (QED) is 0.666. The minimum absolute atomic E-state index is 1.17. The molecule has 0 bridgehead atoms. The summed E-state index contributed by atoms with van der Waals surface area (Å²) in [5, 5.41) is 0. The van der Waals surface area contributed by atoms with Crippen LogP contribution in [0.4, 0.5) is 0 Å². The highest BCUT2D eigenvalue weighted by molar-refractivity contribution is 5.40. The van der Waals surface area contributed by atoms with E-state index in [1.54, 1.807) is 0 Å². The van der Waals surface area contributed by atoms with Gasteiger partial charge in [0.05, 0.1) is 0 Å². The summed E-state index contributed by atoms with van der Waals surface area (Å²) in [7, 11) is 0. The van der Waals surface area contributed by atoms with Gasteiger partial charge in [0.1, 0.15) is 0 Å². The van der Waals surface area contributed by atoms with Crippen molar-refractivity contribution in [3.8, 4) is 0 Å². The second-order valence-electron chi connectivity index (χ2n) is 3.84. The molecule has 0 atom stereocenters. The third kappa shape index (κ3) is 2.73. The van der Waals surface area contributed by atoms with Gasteiger partial charge in [-0.2, -0.15) is 0 Å². The Morgan fingerprint density at radius 3 is 2.64 bits per heavy atom. The summed E-state index contributed by atoms with van der Waals surface area (Å²) < 4.78 is 0. The van der Waals surface area contributed by atoms with Crippen molar-refractivity contribution < 1.29 is 0 Å². The average molecular weight is 187 g/mol. The first-order chi connectivity index (χ1) is 6.67. The van der Waals surface area contributed by atoms with Gasteiger partial charge in [-0.05, 0) is 24.5 Å². The van der Waals surface area contributed by atoms with Crippen LogP contribution in [0.25, 0.3) is 0 Å². The number of hydrogen-bond donors (Lipinski definition) is 0. The second-order valence-corrected chi connectivity index (χ2v) is 3.84. The lowest BCUT2D eigenvalue weighted by Crippen LogP contribution is -1.94. The van der Waals surface area contributed by atoms with Crippen molar-refractivity contribution in [2.24, 2.45) is 0 Å². The Morgan fingerprint density at radius 2 is 2.07 bits per heavy atom. The van der Waals surface area contributed by atoms with Crippen molar-refractivity contribution in [2.75, 3.05) is 0 Å². The predicted molar refractivity (Wildman–Crippen MR) is 63.4 cm³/mol. The summed E-state index contributed by atoms with van der Waals surface area (Å²) in [6.45, 7) is 10.3. The van der Waals surface area contributed by atoms with Gasteiger partial charge in [0, 0.05) is 5.92 Å². The molecule has 0 aliphatic heterocycles. The van der Waals surface area contributed by atoms with Gasteiger partial charge in [0.25, 0.3) is 0 Å². The van der Waals surface area contributed by atoms with E-state index in [9.17, 15) is 0 Å². The lowest BCUT2D eigenvalue weighted by atomic mass is 9.95. The third-order valence-electron chi connectivity index (χ3n) is 2.44. The van der Waals surface area contributed by atoms with Crippen LogP contribution < -0.4 is 0 Å². The van der Waals surface area contributed by atoms with Crippen LogP contribution in [0.5, 0.6) is 0 Å². The lowest BCUT2D eigenvalue weighted by Gasteiger charge is -2.09. The van der Waals surface area contributed by atoms with Gasteiger partial charge in [0.15, 0.2) is 0 Å². The van der Waals surface area contributed by atoms with Crippen LogP contribution in [0, 0.1) is 12.8 Å². The van der Waals surface area contributed by atoms with Crippen molar-refractivity contribution in [1.29, 1.82) is 0 Å². The Labute approximate surface area is 87.7 Å². The van der Waals surface area contributed by atoms with Gasteiger partial charge in [-0.25, -0.2) is 0 Å². The first-order valence-corrected chi connectivity index (χ1v) is 5.24. The van der Waals surface area contributed by atoms with E-state index in [-0.39, 0.29) is 0 Å². The monoisotopic (exact) mass is 187 g/mol. The lowest BCUT2D eigenvalue weighted by molar-refractivity contribution is 0.917. The number of aryl methyl sites for hydroxylation is 2. The molecule has 0 amide bonds. The fraction of sp³-hybridized carbons (Fsp3) is 0.357. The maximum atomic E-state index is 3.81. The van der Waals surface area contributed by atoms with Crippen molar-refractivity contribution in [1.82, 2.24) is 0 Å². The molecule has 0 aliphatic rings. The molecular formula is C14H19. The predicted octanol–water partition coefficient (Wildman–Crippen LogP) is 4.08. The van der Waals surface area contributed by atoms with Crippen LogP contribution in [0.2, 0.25) is 0 Å². The zero-order valence-corrected chi connectivity index (χ0v) is 9.43. The Bertz CT molecular complexity index is 310. The summed E-state index contributed by atoms with van der Waals surface area (Å²) >= 11 is 0. The Morgan fingerprint density at radius 1 is 1.36 bits per heavy atom. The van der Waals surface area contributed by atoms with Crippen LogP contribution in [0.1, 0.15) is 37.0 Å². The average Bonchev–Trinajstić information content (AvgIpc) is 2.16. The molecule has 1 aromatic carbocycles. The SMILES string of the molecule is C=C[C](C)c1cc(C)cc(CCC)c1. The molecule has 1 rings (SSSR count). The number of benzene rings is 1. The highest BCUT2D eigenvalue weighted by atomic mass is 14.1. The molecule has 0 saturated carbocycles. The topological polar surface area (TPSA) is 0 Å². The van der Waals surface area contributed by atoms with Gasteiger partial charge in [0.2, 0.25) is 0 Å². The molecule has 0 saturated heterocycles. The fourth-order valence-corrected chi connectivity index (χ4v) is 1.64. The molecule has 1 aromatic rings. The maximum Gasteiger partial charge on any atom is 0.0230 e. The van der Waals surface area contributed by atoms with E-state index in [0.717, 1.165) is 0 Å². The summed E-state index contributed by atoms with van der Waals surface area (Å²) in [6.07, 6.45) is 4.29. The second kappa shape index (κ2) is 4.99. The molecular weight excluding hydrogens is 168 g/mol. The molecule has 14 heavy (non-hydrogen) atoms. The Balaban J connectivity index is 3.00. The van der Waals surface area contributed by atoms with E-state index in [2.05, 4.69) is 45.5 Å². The molecule has 0 aromatic heterocycles. The maximum absolute atomic E-state index is 3.81. The third-order valence-corrected chi connectivity index (χ3v) is 2.44. The molecule has 0 spiro atoms. The van der Waals surface area contributed by atoms with Crippen LogP contribution in [0.15, 0.2) is 30.9 Å². The normalized spacial score (nSPS) is 10.6. The molecule has 0 heterocycles. The van der Waals surface area contributed by atoms with Crippen molar-refractivity contribution in [3.63, 3.8) is 0 Å². The summed E-state index contributed by atoms with van der Waals surface area (Å²) in [5.41, 5.74) is 4.08. The smallest absolute Gasteiger partial charge is 0.0230 e. The van der Waals surface area contributed by atoms with Gasteiger partial charge in [-0.15, -0.1) is 6.58 Å². The standard InChI is InChI=1S/C14H19/c1-5-7-13-8-11(3)9-14(10-13)12(4)6-2/h6,8-10H,2,5,7H2,1,3-4H3. The highest BCUT2D eigenvalue weighted by Crippen LogP contribution is 2.19. The molecule has 0 aliphatic carbocycles. The fourth-order valence-electron chi connectivity index (χ4n) is 1.64. The van der Waals surface area contributed by atoms with Crippen molar-refractivity contribution in [3.05, 3.63) is 53.5 Å². The van der Waals surface area contributed by atoms with E-state index >= 15 is 0 Å². The van der Waals surface area contributed by atoms with E-state index in [1.165, 1.54) is 35.4 Å². The Kier molecular flexibility index (Phi) is 3.94. The number of rotatable bonds is 4. The number of allylic oxidation sites excluding steroid dienone is 1. The zero-order chi connectivity index (χ0) is 10.6. The van der Waals surface area contributed by atoms with Crippen molar-refractivity contribution >= 4 is 0 Å². The first-order valence-electron chi connectivity index (χ1n) is 5.24. The largest absolute Gasteiger partial charge is 0.102 e. The van der Waals surface area contributed by atoms with Gasteiger partial charge in [-0.3, -0.25) is 0 Å². The minimum atomic E-state index is 1.17. The molecule has 0 N–H and O–H groups in total. The first kappa shape index (κ1) is 11.0. The van der Waals surface area contributed by atoms with Crippen LogP contribution >= 0.6 is 0 Å². The molecule has 1 radical (unpaired) electrons. The summed E-state index contributed by atoms with van der Waals surface area (Å²) in [4.78, 5) is 0. The highest BCUT2D eigenvalue weighted by Gasteiger charge is 2.03. The van der Waals surface area contributed by atoms with Crippen molar-refractivity contribution in [2.45, 2.75) is 33.6 Å². The van der Waals surface area contributed by atoms with E-state index < -0.39 is 0 Å². The molecule has 75 valence electrons. The van der Waals surface area contributed by atoms with Crippen LogP contribution in [-0.2, 0) is 6.42 Å². The minimum Gasteiger partial charge on any atom is -0.102 e. The molecule has 0 heteroatoms. The van der Waals surface area contributed by atoms with Gasteiger partial charge in [-0.1, -0.05) is 50.1 Å². The summed E-state index contributed by atoms with van der Waals surface area (Å²) in [5.74, 6) is 1.26. The van der Waals surface area contributed by atoms with Crippen LogP contribution in [-0.4, -0.2) is 0 Å². The molecule has 0 fully saturated rings. The molecule has 0 unspecified atom stereocenters. The van der Waals surface area contributed by atoms with E-state index in [0.29, 0.717) is 0 Å². The van der Waals surface area contributed by atoms with Gasteiger partial charge < -0.3 is 0 Å². The van der Waals surface area contributed by atoms with E-state index in [1.807, 2.05) is 6.08 Å². The summed E-state index contributed by atoms with van der Waals surface area (Å²) in [6, 6.07) is 6.76. The zero-order valence-electron chi connectivity index (χ0n) is 9.43.